The topological polar surface area (TPSA) is 123 Å². The lowest BCUT2D eigenvalue weighted by Crippen LogP contribution is -2.38. The Hall–Kier alpha value is -4.12. The number of anilines is 1. The van der Waals surface area contributed by atoms with Crippen LogP contribution in [-0.4, -0.2) is 56.1 Å². The summed E-state index contributed by atoms with van der Waals surface area (Å²) in [5, 5.41) is 4.75. The normalized spacial score (nSPS) is 14.1. The number of hydrogen-bond donors (Lipinski definition) is 2. The molecule has 0 aliphatic carbocycles. The Labute approximate surface area is 198 Å². The van der Waals surface area contributed by atoms with Crippen LogP contribution in [0.4, 0.5) is 14.9 Å². The van der Waals surface area contributed by atoms with Crippen molar-refractivity contribution in [2.75, 3.05) is 32.7 Å². The maximum atomic E-state index is 13.7. The molecular weight excluding hydrogens is 473 g/mol. The summed E-state index contributed by atoms with van der Waals surface area (Å²) in [4.78, 5) is 49.1. The average molecular weight is 492 g/mol. The summed E-state index contributed by atoms with van der Waals surface area (Å²) >= 11 is 6.23. The summed E-state index contributed by atoms with van der Waals surface area (Å²) in [6.07, 6.45) is 1.33. The minimum Gasteiger partial charge on any atom is -0.493 e. The quantitative estimate of drug-likeness (QED) is 0.330. The molecule has 3 rings (SSSR count). The zero-order valence-corrected chi connectivity index (χ0v) is 18.8. The summed E-state index contributed by atoms with van der Waals surface area (Å²) < 4.78 is 28.8. The Morgan fingerprint density at radius 3 is 2.62 bits per heavy atom. The van der Waals surface area contributed by atoms with Crippen molar-refractivity contribution >= 4 is 47.2 Å². The number of ether oxygens (including phenoxy) is 3. The summed E-state index contributed by atoms with van der Waals surface area (Å²) in [5.74, 6) is -2.55. The van der Waals surface area contributed by atoms with Crippen molar-refractivity contribution in [3.63, 3.8) is 0 Å². The number of carbonyl (C=O) groups excluding carboxylic acids is 4. The van der Waals surface area contributed by atoms with Gasteiger partial charge in [0.05, 0.1) is 24.9 Å². The highest BCUT2D eigenvalue weighted by Gasteiger charge is 2.35. The van der Waals surface area contributed by atoms with Crippen molar-refractivity contribution in [3.05, 3.63) is 58.5 Å². The third-order valence-corrected chi connectivity index (χ3v) is 4.82. The van der Waals surface area contributed by atoms with Crippen LogP contribution < -0.4 is 20.1 Å². The lowest BCUT2D eigenvalue weighted by molar-refractivity contribution is -0.143. The van der Waals surface area contributed by atoms with E-state index >= 15 is 0 Å². The Kier molecular flexibility index (Phi) is 7.69. The standard InChI is InChI=1S/C22H19ClFN3O7/c1-32-17-9-12(7-13(23)20(17)34-11-19(29)33-2)8-16-21(30)27(22(31)26-16)10-18(28)25-15-6-4-3-5-14(15)24/h3-9H,10-11H2,1-2H3,(H,25,28)(H,26,31)/b16-8+. The molecule has 0 radical (unpaired) electrons. The highest BCUT2D eigenvalue weighted by Crippen LogP contribution is 2.37. The van der Waals surface area contributed by atoms with E-state index in [9.17, 15) is 23.6 Å². The van der Waals surface area contributed by atoms with Crippen LogP contribution in [0.2, 0.25) is 5.02 Å². The van der Waals surface area contributed by atoms with Gasteiger partial charge < -0.3 is 24.8 Å². The van der Waals surface area contributed by atoms with E-state index in [-0.39, 0.29) is 27.9 Å². The third kappa shape index (κ3) is 5.62. The van der Waals surface area contributed by atoms with E-state index in [0.29, 0.717) is 10.5 Å². The molecule has 2 aromatic rings. The van der Waals surface area contributed by atoms with Crippen molar-refractivity contribution in [1.82, 2.24) is 10.2 Å². The summed E-state index contributed by atoms with van der Waals surface area (Å²) in [5.41, 5.74) is 0.171. The lowest BCUT2D eigenvalue weighted by Gasteiger charge is -2.13. The van der Waals surface area contributed by atoms with Gasteiger partial charge in [-0.25, -0.2) is 18.9 Å². The average Bonchev–Trinajstić information content (AvgIpc) is 3.06. The number of esters is 1. The minimum atomic E-state index is -0.823. The molecule has 0 saturated carbocycles. The van der Waals surface area contributed by atoms with E-state index in [0.717, 1.165) is 6.07 Å². The maximum Gasteiger partial charge on any atom is 0.343 e. The van der Waals surface area contributed by atoms with Crippen LogP contribution in [0.5, 0.6) is 11.5 Å². The molecule has 12 heteroatoms. The van der Waals surface area contributed by atoms with Crippen LogP contribution in [0, 0.1) is 5.82 Å². The first kappa shape index (κ1) is 24.5. The second-order valence-corrected chi connectivity index (χ2v) is 7.21. The van der Waals surface area contributed by atoms with Gasteiger partial charge >= 0.3 is 12.0 Å². The molecule has 1 aliphatic rings. The number of carbonyl (C=O) groups is 4. The van der Waals surface area contributed by atoms with Crippen LogP contribution in [0.3, 0.4) is 0 Å². The number of benzene rings is 2. The highest BCUT2D eigenvalue weighted by molar-refractivity contribution is 6.32. The van der Waals surface area contributed by atoms with Crippen molar-refractivity contribution < 1.29 is 37.8 Å². The molecular formula is C22H19ClFN3O7. The molecule has 178 valence electrons. The monoisotopic (exact) mass is 491 g/mol. The van der Waals surface area contributed by atoms with Gasteiger partial charge in [0.2, 0.25) is 5.91 Å². The van der Waals surface area contributed by atoms with Crippen LogP contribution in [-0.2, 0) is 19.1 Å². The molecule has 0 aromatic heterocycles. The number of amides is 4. The van der Waals surface area contributed by atoms with Gasteiger partial charge in [-0.05, 0) is 35.9 Å². The summed E-state index contributed by atoms with van der Waals surface area (Å²) in [7, 11) is 2.56. The van der Waals surface area contributed by atoms with E-state index in [2.05, 4.69) is 15.4 Å². The molecule has 1 fully saturated rings. The highest BCUT2D eigenvalue weighted by atomic mass is 35.5. The molecule has 2 aromatic carbocycles. The Bertz CT molecular complexity index is 1190. The van der Waals surface area contributed by atoms with Crippen LogP contribution in [0.15, 0.2) is 42.1 Å². The predicted molar refractivity (Wildman–Crippen MR) is 119 cm³/mol. The number of nitrogens with one attached hydrogen (secondary N) is 2. The van der Waals surface area contributed by atoms with Gasteiger partial charge in [-0.1, -0.05) is 23.7 Å². The molecule has 1 aliphatic heterocycles. The van der Waals surface area contributed by atoms with E-state index in [1.54, 1.807) is 0 Å². The van der Waals surface area contributed by atoms with Gasteiger partial charge in [0.15, 0.2) is 18.1 Å². The number of para-hydroxylation sites is 1. The first-order valence-corrected chi connectivity index (χ1v) is 10.1. The second kappa shape index (κ2) is 10.7. The zero-order chi connectivity index (χ0) is 24.8. The fourth-order valence-electron chi connectivity index (χ4n) is 2.93. The zero-order valence-electron chi connectivity index (χ0n) is 18.0. The molecule has 4 amide bonds. The first-order valence-electron chi connectivity index (χ1n) is 9.69. The molecule has 1 heterocycles. The molecule has 0 unspecified atom stereocenters. The number of nitrogens with zero attached hydrogens (tertiary/aromatic N) is 1. The SMILES string of the molecule is COC(=O)COc1c(Cl)cc(/C=C2/NC(=O)N(CC(=O)Nc3ccccc3F)C2=O)cc1OC. The van der Waals surface area contributed by atoms with Gasteiger partial charge in [-0.15, -0.1) is 0 Å². The summed E-state index contributed by atoms with van der Waals surface area (Å²) in [6, 6.07) is 7.57. The first-order chi connectivity index (χ1) is 16.2. The maximum absolute atomic E-state index is 13.7. The van der Waals surface area contributed by atoms with Crippen LogP contribution >= 0.6 is 11.6 Å². The molecule has 10 nitrogen and oxygen atoms in total. The molecule has 0 bridgehead atoms. The molecule has 0 spiro atoms. The van der Waals surface area contributed by atoms with Gasteiger partial charge in [0, 0.05) is 0 Å². The fraction of sp³-hybridized carbons (Fsp3) is 0.182. The molecule has 0 atom stereocenters. The Morgan fingerprint density at radius 2 is 1.94 bits per heavy atom. The van der Waals surface area contributed by atoms with Crippen molar-refractivity contribution in [2.45, 2.75) is 0 Å². The summed E-state index contributed by atoms with van der Waals surface area (Å²) in [6.45, 7) is -1.02. The van der Waals surface area contributed by atoms with Crippen molar-refractivity contribution in [1.29, 1.82) is 0 Å². The number of methoxy groups -OCH3 is 2. The number of halogens is 2. The largest absolute Gasteiger partial charge is 0.493 e. The minimum absolute atomic E-state index is 0.0768. The van der Waals surface area contributed by atoms with E-state index in [1.165, 1.54) is 50.6 Å². The molecule has 1 saturated heterocycles. The molecule has 34 heavy (non-hydrogen) atoms. The second-order valence-electron chi connectivity index (χ2n) is 6.81. The van der Waals surface area contributed by atoms with Crippen molar-refractivity contribution in [2.24, 2.45) is 0 Å². The number of hydrogen-bond acceptors (Lipinski definition) is 7. The van der Waals surface area contributed by atoms with Gasteiger partial charge in [-0.2, -0.15) is 0 Å². The van der Waals surface area contributed by atoms with E-state index in [4.69, 9.17) is 21.1 Å². The fourth-order valence-corrected chi connectivity index (χ4v) is 3.20. The predicted octanol–water partition coefficient (Wildman–Crippen LogP) is 2.57. The Morgan fingerprint density at radius 1 is 1.21 bits per heavy atom. The van der Waals surface area contributed by atoms with Crippen LogP contribution in [0.1, 0.15) is 5.56 Å². The smallest absolute Gasteiger partial charge is 0.343 e. The lowest BCUT2D eigenvalue weighted by atomic mass is 10.1. The third-order valence-electron chi connectivity index (χ3n) is 4.54. The van der Waals surface area contributed by atoms with E-state index in [1.807, 2.05) is 0 Å². The number of urea groups is 1. The van der Waals surface area contributed by atoms with E-state index < -0.39 is 42.8 Å². The number of rotatable bonds is 8. The van der Waals surface area contributed by atoms with Gasteiger partial charge in [0.25, 0.3) is 5.91 Å². The van der Waals surface area contributed by atoms with Gasteiger partial charge in [-0.3, -0.25) is 9.59 Å². The van der Waals surface area contributed by atoms with Crippen molar-refractivity contribution in [3.8, 4) is 11.5 Å². The number of imide groups is 1. The Balaban J connectivity index is 1.75. The molecule has 2 N–H and O–H groups in total. The van der Waals surface area contributed by atoms with Gasteiger partial charge in [0.1, 0.15) is 18.1 Å². The van der Waals surface area contributed by atoms with Crippen LogP contribution in [0.25, 0.3) is 6.08 Å².